The van der Waals surface area contributed by atoms with Crippen molar-refractivity contribution in [3.63, 3.8) is 0 Å². The number of carbonyl (C=O) groups excluding carboxylic acids is 1. The number of hydrogen-bond donors (Lipinski definition) is 1. The van der Waals surface area contributed by atoms with Crippen molar-refractivity contribution >= 4 is 11.7 Å². The number of likely N-dealkylation sites (N-methyl/N-ethyl adjacent to an activating group) is 1. The summed E-state index contributed by atoms with van der Waals surface area (Å²) >= 11 is 0. The fourth-order valence-electron chi connectivity index (χ4n) is 3.24. The third-order valence-electron chi connectivity index (χ3n) is 4.74. The standard InChI is InChI=1S/C20H26N4O/c1-16-5-8-18(9-6-16)22-20(25)24-13-12-23(2)15-19(24)10-7-17-4-3-11-21-14-17/h3-6,8-9,11,14,19H,7,10,12-13,15H2,1-2H3,(H,22,25). The molecule has 132 valence electrons. The van der Waals surface area contributed by atoms with Crippen molar-refractivity contribution in [1.82, 2.24) is 14.8 Å². The summed E-state index contributed by atoms with van der Waals surface area (Å²) < 4.78 is 0. The molecule has 1 saturated heterocycles. The number of nitrogens with one attached hydrogen (secondary N) is 1. The van der Waals surface area contributed by atoms with Crippen LogP contribution >= 0.6 is 0 Å². The molecule has 25 heavy (non-hydrogen) atoms. The minimum atomic E-state index is -0.00635. The predicted octanol–water partition coefficient (Wildman–Crippen LogP) is 3.17. The van der Waals surface area contributed by atoms with Gasteiger partial charge in [0, 0.05) is 43.8 Å². The number of carbonyl (C=O) groups is 1. The van der Waals surface area contributed by atoms with Gasteiger partial charge in [0.1, 0.15) is 0 Å². The molecule has 1 N–H and O–H groups in total. The highest BCUT2D eigenvalue weighted by Gasteiger charge is 2.28. The van der Waals surface area contributed by atoms with E-state index in [0.29, 0.717) is 0 Å². The largest absolute Gasteiger partial charge is 0.322 e. The van der Waals surface area contributed by atoms with Crippen LogP contribution in [0.1, 0.15) is 17.5 Å². The molecule has 0 radical (unpaired) electrons. The average molecular weight is 338 g/mol. The van der Waals surface area contributed by atoms with Crippen LogP contribution in [0.3, 0.4) is 0 Å². The molecule has 0 spiro atoms. The number of urea groups is 1. The summed E-state index contributed by atoms with van der Waals surface area (Å²) in [6, 6.07) is 12.2. The number of aromatic nitrogens is 1. The van der Waals surface area contributed by atoms with Gasteiger partial charge in [-0.1, -0.05) is 23.8 Å². The molecule has 1 fully saturated rings. The molecule has 1 aromatic heterocycles. The Morgan fingerprint density at radius 3 is 2.76 bits per heavy atom. The van der Waals surface area contributed by atoms with Crippen LogP contribution in [0.25, 0.3) is 0 Å². The van der Waals surface area contributed by atoms with Gasteiger partial charge >= 0.3 is 6.03 Å². The van der Waals surface area contributed by atoms with Crippen LogP contribution in [0.5, 0.6) is 0 Å². The van der Waals surface area contributed by atoms with Gasteiger partial charge in [0.15, 0.2) is 0 Å². The van der Waals surface area contributed by atoms with Crippen LogP contribution in [0.2, 0.25) is 0 Å². The van der Waals surface area contributed by atoms with E-state index >= 15 is 0 Å². The Morgan fingerprint density at radius 1 is 1.24 bits per heavy atom. The average Bonchev–Trinajstić information content (AvgIpc) is 2.63. The summed E-state index contributed by atoms with van der Waals surface area (Å²) in [6.07, 6.45) is 5.57. The minimum Gasteiger partial charge on any atom is -0.319 e. The Morgan fingerprint density at radius 2 is 2.04 bits per heavy atom. The molecule has 1 unspecified atom stereocenters. The first-order valence-corrected chi connectivity index (χ1v) is 8.83. The summed E-state index contributed by atoms with van der Waals surface area (Å²) in [7, 11) is 2.12. The van der Waals surface area contributed by atoms with Crippen molar-refractivity contribution in [2.45, 2.75) is 25.8 Å². The number of benzene rings is 1. The number of rotatable bonds is 4. The van der Waals surface area contributed by atoms with Crippen LogP contribution < -0.4 is 5.32 Å². The molecule has 1 aliphatic rings. The van der Waals surface area contributed by atoms with Gasteiger partial charge in [-0.2, -0.15) is 0 Å². The predicted molar refractivity (Wildman–Crippen MR) is 101 cm³/mol. The summed E-state index contributed by atoms with van der Waals surface area (Å²) in [5.41, 5.74) is 3.25. The Balaban J connectivity index is 1.64. The molecular weight excluding hydrogens is 312 g/mol. The molecule has 3 rings (SSSR count). The van der Waals surface area contributed by atoms with Crippen molar-refractivity contribution in [1.29, 1.82) is 0 Å². The smallest absolute Gasteiger partial charge is 0.319 e. The Hall–Kier alpha value is -2.40. The molecule has 5 nitrogen and oxygen atoms in total. The van der Waals surface area contributed by atoms with Gasteiger partial charge in [-0.05, 0) is 50.6 Å². The van der Waals surface area contributed by atoms with Gasteiger partial charge in [0.25, 0.3) is 0 Å². The van der Waals surface area contributed by atoms with Gasteiger partial charge < -0.3 is 15.1 Å². The first kappa shape index (κ1) is 17.4. The van der Waals surface area contributed by atoms with Crippen LogP contribution in [0.4, 0.5) is 10.5 Å². The third kappa shape index (κ3) is 4.79. The van der Waals surface area contributed by atoms with E-state index in [0.717, 1.165) is 38.2 Å². The highest BCUT2D eigenvalue weighted by molar-refractivity contribution is 5.89. The first-order chi connectivity index (χ1) is 12.1. The topological polar surface area (TPSA) is 48.5 Å². The van der Waals surface area contributed by atoms with Crippen LogP contribution in [0.15, 0.2) is 48.8 Å². The zero-order valence-corrected chi connectivity index (χ0v) is 15.0. The van der Waals surface area contributed by atoms with E-state index in [-0.39, 0.29) is 12.1 Å². The fourth-order valence-corrected chi connectivity index (χ4v) is 3.24. The number of anilines is 1. The van der Waals surface area contributed by atoms with Gasteiger partial charge in [0.05, 0.1) is 0 Å². The number of hydrogen-bond acceptors (Lipinski definition) is 3. The van der Waals surface area contributed by atoms with Gasteiger partial charge in [0.2, 0.25) is 0 Å². The van der Waals surface area contributed by atoms with Crippen molar-refractivity contribution in [3.8, 4) is 0 Å². The number of pyridine rings is 1. The normalized spacial score (nSPS) is 18.2. The molecule has 0 saturated carbocycles. The Kier molecular flexibility index (Phi) is 5.66. The summed E-state index contributed by atoms with van der Waals surface area (Å²) in [5.74, 6) is 0. The first-order valence-electron chi connectivity index (χ1n) is 8.83. The highest BCUT2D eigenvalue weighted by atomic mass is 16.2. The molecular formula is C20H26N4O. The second-order valence-electron chi connectivity index (χ2n) is 6.81. The second-order valence-corrected chi connectivity index (χ2v) is 6.81. The number of aryl methyl sites for hydroxylation is 2. The fraction of sp³-hybridized carbons (Fsp3) is 0.400. The van der Waals surface area contributed by atoms with E-state index < -0.39 is 0 Å². The lowest BCUT2D eigenvalue weighted by molar-refractivity contribution is 0.112. The van der Waals surface area contributed by atoms with Crippen LogP contribution in [0, 0.1) is 6.92 Å². The van der Waals surface area contributed by atoms with E-state index in [1.165, 1.54) is 11.1 Å². The highest BCUT2D eigenvalue weighted by Crippen LogP contribution is 2.17. The molecule has 1 aromatic carbocycles. The Bertz CT molecular complexity index is 687. The number of piperazine rings is 1. The minimum absolute atomic E-state index is 0.00635. The Labute approximate surface area is 149 Å². The van der Waals surface area contributed by atoms with E-state index in [1.807, 2.05) is 48.4 Å². The van der Waals surface area contributed by atoms with Crippen molar-refractivity contribution in [2.24, 2.45) is 0 Å². The van der Waals surface area contributed by atoms with Gasteiger partial charge in [-0.15, -0.1) is 0 Å². The molecule has 2 amide bonds. The summed E-state index contributed by atoms with van der Waals surface area (Å²) in [5, 5.41) is 3.04. The molecule has 1 aliphatic heterocycles. The summed E-state index contributed by atoms with van der Waals surface area (Å²) in [6.45, 7) is 4.61. The van der Waals surface area contributed by atoms with Gasteiger partial charge in [-0.3, -0.25) is 4.98 Å². The van der Waals surface area contributed by atoms with Gasteiger partial charge in [-0.25, -0.2) is 4.79 Å². The maximum Gasteiger partial charge on any atom is 0.322 e. The van der Waals surface area contributed by atoms with Crippen LogP contribution in [-0.4, -0.2) is 53.5 Å². The summed E-state index contributed by atoms with van der Waals surface area (Å²) in [4.78, 5) is 21.2. The maximum absolute atomic E-state index is 12.8. The third-order valence-corrected chi connectivity index (χ3v) is 4.74. The van der Waals surface area contributed by atoms with E-state index in [1.54, 1.807) is 6.20 Å². The number of amides is 2. The maximum atomic E-state index is 12.8. The van der Waals surface area contributed by atoms with Crippen molar-refractivity contribution in [2.75, 3.05) is 32.0 Å². The zero-order chi connectivity index (χ0) is 17.6. The second kappa shape index (κ2) is 8.12. The van der Waals surface area contributed by atoms with E-state index in [2.05, 4.69) is 28.3 Å². The molecule has 1 atom stereocenters. The van der Waals surface area contributed by atoms with E-state index in [4.69, 9.17) is 0 Å². The van der Waals surface area contributed by atoms with E-state index in [9.17, 15) is 4.79 Å². The number of nitrogens with zero attached hydrogens (tertiary/aromatic N) is 3. The van der Waals surface area contributed by atoms with Crippen LogP contribution in [-0.2, 0) is 6.42 Å². The lowest BCUT2D eigenvalue weighted by Gasteiger charge is -2.40. The monoisotopic (exact) mass is 338 g/mol. The SMILES string of the molecule is Cc1ccc(NC(=O)N2CCN(C)CC2CCc2cccnc2)cc1. The van der Waals surface area contributed by atoms with Crippen molar-refractivity contribution < 1.29 is 4.79 Å². The molecule has 5 heteroatoms. The molecule has 2 heterocycles. The quantitative estimate of drug-likeness (QED) is 0.931. The zero-order valence-electron chi connectivity index (χ0n) is 15.0. The molecule has 0 aliphatic carbocycles. The lowest BCUT2D eigenvalue weighted by Crippen LogP contribution is -2.55. The van der Waals surface area contributed by atoms with Crippen molar-refractivity contribution in [3.05, 3.63) is 59.9 Å². The lowest BCUT2D eigenvalue weighted by atomic mass is 10.0. The molecule has 0 bridgehead atoms. The molecule has 2 aromatic rings.